The van der Waals surface area contributed by atoms with Crippen molar-refractivity contribution in [3.8, 4) is 39.6 Å². The number of rotatable bonds is 6. The van der Waals surface area contributed by atoms with Gasteiger partial charge in [0.15, 0.2) is 10.8 Å². The molecule has 7 nitrogen and oxygen atoms in total. The summed E-state index contributed by atoms with van der Waals surface area (Å²) < 4.78 is 38.7. The molecule has 8 heteroatoms. The second kappa shape index (κ2) is 8.64. The number of H-pyrrole nitrogens is 1. The number of hydrogen-bond donors (Lipinski definition) is 1. The summed E-state index contributed by atoms with van der Waals surface area (Å²) in [5, 5.41) is 11.1. The molecule has 0 atom stereocenters. The van der Waals surface area contributed by atoms with Gasteiger partial charge >= 0.3 is 0 Å². The lowest BCUT2D eigenvalue weighted by atomic mass is 10.1. The molecule has 0 fully saturated rings. The van der Waals surface area contributed by atoms with Gasteiger partial charge in [0.1, 0.15) is 16.3 Å². The number of aryl methyl sites for hydroxylation is 1. The van der Waals surface area contributed by atoms with Crippen LogP contribution in [0.5, 0.6) is 5.75 Å². The van der Waals surface area contributed by atoms with E-state index in [-0.39, 0.29) is 21.4 Å². The van der Waals surface area contributed by atoms with Crippen molar-refractivity contribution in [1.82, 2.24) is 15.4 Å². The second-order valence-electron chi connectivity index (χ2n) is 7.77. The zero-order chi connectivity index (χ0) is 23.7. The van der Waals surface area contributed by atoms with E-state index >= 15 is 0 Å². The maximum absolute atomic E-state index is 13.9. The Morgan fingerprint density at radius 2 is 1.53 bits per heavy atom. The third-order valence-electron chi connectivity index (χ3n) is 5.51. The molecule has 5 aromatic rings. The third-order valence-corrected chi connectivity index (χ3v) is 7.21. The molecule has 5 rings (SSSR count). The number of aromatic amines is 1. The summed E-state index contributed by atoms with van der Waals surface area (Å²) in [4.78, 5) is -0.0250. The van der Waals surface area contributed by atoms with Crippen LogP contribution in [0.3, 0.4) is 0 Å². The third kappa shape index (κ3) is 3.88. The highest BCUT2D eigenvalue weighted by atomic mass is 32.2. The Kier molecular flexibility index (Phi) is 5.51. The van der Waals surface area contributed by atoms with E-state index in [9.17, 15) is 8.42 Å². The smallest absolute Gasteiger partial charge is 0.229 e. The molecular weight excluding hydrogens is 450 g/mol. The van der Waals surface area contributed by atoms with Gasteiger partial charge in [-0.3, -0.25) is 5.10 Å². The molecule has 0 radical (unpaired) electrons. The fourth-order valence-electron chi connectivity index (χ4n) is 3.66. The zero-order valence-corrected chi connectivity index (χ0v) is 19.3. The first-order valence-electron chi connectivity index (χ1n) is 10.5. The Hall–Kier alpha value is -4.17. The van der Waals surface area contributed by atoms with E-state index in [1.165, 1.54) is 6.07 Å². The first-order valence-corrected chi connectivity index (χ1v) is 12.0. The van der Waals surface area contributed by atoms with Crippen molar-refractivity contribution >= 4 is 9.84 Å². The number of sulfone groups is 1. The minimum absolute atomic E-state index is 0.0250. The Bertz CT molecular complexity index is 1540. The van der Waals surface area contributed by atoms with Crippen molar-refractivity contribution in [2.24, 2.45) is 0 Å². The quantitative estimate of drug-likeness (QED) is 0.349. The monoisotopic (exact) mass is 471 g/mol. The Labute approximate surface area is 196 Å². The normalized spacial score (nSPS) is 11.5. The highest BCUT2D eigenvalue weighted by Crippen LogP contribution is 2.39. The maximum atomic E-state index is 13.9. The van der Waals surface area contributed by atoms with Gasteiger partial charge in [-0.25, -0.2) is 8.42 Å². The SMILES string of the molecule is COc1ccc(-c2noc(-c3ccccc3)c2S(=O)(=O)c2cc(-c3ccc(C)cc3)n[nH]2)cc1. The molecular formula is C26H21N3O4S. The van der Waals surface area contributed by atoms with E-state index < -0.39 is 9.84 Å². The summed E-state index contributed by atoms with van der Waals surface area (Å²) in [5.74, 6) is 0.814. The number of hydrogen-bond acceptors (Lipinski definition) is 6. The summed E-state index contributed by atoms with van der Waals surface area (Å²) in [6, 6.07) is 25.2. The molecule has 0 aliphatic heterocycles. The van der Waals surface area contributed by atoms with Crippen molar-refractivity contribution < 1.29 is 17.7 Å². The van der Waals surface area contributed by atoms with Crippen molar-refractivity contribution in [3.05, 3.63) is 90.5 Å². The molecule has 1 N–H and O–H groups in total. The molecule has 0 saturated carbocycles. The topological polar surface area (TPSA) is 98.1 Å². The van der Waals surface area contributed by atoms with Crippen LogP contribution >= 0.6 is 0 Å². The summed E-state index contributed by atoms with van der Waals surface area (Å²) in [7, 11) is -2.50. The van der Waals surface area contributed by atoms with Gasteiger partial charge < -0.3 is 9.26 Å². The lowest BCUT2D eigenvalue weighted by Gasteiger charge is -2.06. The number of aromatic nitrogens is 3. The molecule has 0 aliphatic rings. The van der Waals surface area contributed by atoms with Crippen LogP contribution in [0, 0.1) is 6.92 Å². The minimum atomic E-state index is -4.07. The molecule has 2 aromatic heterocycles. The number of methoxy groups -OCH3 is 1. The van der Waals surface area contributed by atoms with E-state index in [1.54, 1.807) is 43.5 Å². The molecule has 170 valence electrons. The Morgan fingerprint density at radius 1 is 0.853 bits per heavy atom. The van der Waals surface area contributed by atoms with Crippen LogP contribution in [0.2, 0.25) is 0 Å². The predicted molar refractivity (Wildman–Crippen MR) is 128 cm³/mol. The number of nitrogens with one attached hydrogen (secondary N) is 1. The van der Waals surface area contributed by atoms with Crippen LogP contribution in [0.25, 0.3) is 33.8 Å². The molecule has 0 amide bonds. The number of benzene rings is 3. The van der Waals surface area contributed by atoms with Gasteiger partial charge in [-0.15, -0.1) is 0 Å². The second-order valence-corrected chi connectivity index (χ2v) is 9.63. The van der Waals surface area contributed by atoms with Gasteiger partial charge in [0.25, 0.3) is 0 Å². The van der Waals surface area contributed by atoms with Crippen LogP contribution in [0.1, 0.15) is 5.56 Å². The summed E-state index contributed by atoms with van der Waals surface area (Å²) in [5.41, 5.74) is 3.85. The largest absolute Gasteiger partial charge is 0.497 e. The molecule has 0 bridgehead atoms. The summed E-state index contributed by atoms with van der Waals surface area (Å²) >= 11 is 0. The molecule has 0 saturated heterocycles. The van der Waals surface area contributed by atoms with Crippen molar-refractivity contribution in [3.63, 3.8) is 0 Å². The molecule has 34 heavy (non-hydrogen) atoms. The van der Waals surface area contributed by atoms with Gasteiger partial charge in [0, 0.05) is 22.8 Å². The highest BCUT2D eigenvalue weighted by Gasteiger charge is 2.33. The van der Waals surface area contributed by atoms with Gasteiger partial charge in [0.05, 0.1) is 12.8 Å². The van der Waals surface area contributed by atoms with Crippen LogP contribution in [-0.4, -0.2) is 30.9 Å². The van der Waals surface area contributed by atoms with E-state index in [0.29, 0.717) is 22.6 Å². The van der Waals surface area contributed by atoms with Gasteiger partial charge in [0.2, 0.25) is 9.84 Å². The maximum Gasteiger partial charge on any atom is 0.229 e. The van der Waals surface area contributed by atoms with Gasteiger partial charge in [-0.1, -0.05) is 65.3 Å². The standard InChI is InChI=1S/C26H21N3O4S/c1-17-8-10-18(11-9-17)22-16-23(28-27-22)34(30,31)26-24(19-12-14-21(32-2)15-13-19)29-33-25(26)20-6-4-3-5-7-20/h3-16H,1-2H3,(H,27,28). The fraction of sp³-hybridized carbons (Fsp3) is 0.0769. The lowest BCUT2D eigenvalue weighted by molar-refractivity contribution is 0.415. The van der Waals surface area contributed by atoms with E-state index in [0.717, 1.165) is 11.1 Å². The fourth-order valence-corrected chi connectivity index (χ4v) is 5.12. The van der Waals surface area contributed by atoms with Crippen molar-refractivity contribution in [2.75, 3.05) is 7.11 Å². The first kappa shape index (κ1) is 21.7. The van der Waals surface area contributed by atoms with Crippen molar-refractivity contribution in [2.45, 2.75) is 16.8 Å². The summed E-state index contributed by atoms with van der Waals surface area (Å²) in [6.45, 7) is 1.99. The molecule has 0 spiro atoms. The minimum Gasteiger partial charge on any atom is -0.497 e. The number of ether oxygens (including phenoxy) is 1. The van der Waals surface area contributed by atoms with E-state index in [4.69, 9.17) is 9.26 Å². The van der Waals surface area contributed by atoms with Gasteiger partial charge in [-0.2, -0.15) is 5.10 Å². The van der Waals surface area contributed by atoms with Gasteiger partial charge in [-0.05, 0) is 31.2 Å². The molecule has 3 aromatic carbocycles. The molecule has 0 unspecified atom stereocenters. The van der Waals surface area contributed by atoms with E-state index in [1.807, 2.05) is 49.4 Å². The predicted octanol–water partition coefficient (Wildman–Crippen LogP) is 5.55. The average Bonchev–Trinajstić information content (AvgIpc) is 3.54. The highest BCUT2D eigenvalue weighted by molar-refractivity contribution is 7.91. The summed E-state index contributed by atoms with van der Waals surface area (Å²) in [6.07, 6.45) is 0. The van der Waals surface area contributed by atoms with E-state index in [2.05, 4.69) is 15.4 Å². The van der Waals surface area contributed by atoms with Crippen LogP contribution < -0.4 is 4.74 Å². The zero-order valence-electron chi connectivity index (χ0n) is 18.5. The average molecular weight is 472 g/mol. The molecule has 0 aliphatic carbocycles. The molecule has 2 heterocycles. The van der Waals surface area contributed by atoms with Crippen LogP contribution in [-0.2, 0) is 9.84 Å². The number of nitrogens with zero attached hydrogens (tertiary/aromatic N) is 2. The Morgan fingerprint density at radius 3 is 2.21 bits per heavy atom. The first-order chi connectivity index (χ1) is 16.5. The van der Waals surface area contributed by atoms with Crippen LogP contribution in [0.4, 0.5) is 0 Å². The van der Waals surface area contributed by atoms with Crippen molar-refractivity contribution in [1.29, 1.82) is 0 Å². The van der Waals surface area contributed by atoms with Crippen LogP contribution in [0.15, 0.2) is 99.4 Å². The Balaban J connectivity index is 1.66. The lowest BCUT2D eigenvalue weighted by Crippen LogP contribution is -2.05.